The van der Waals surface area contributed by atoms with E-state index in [1.165, 1.54) is 47.1 Å². The molecule has 0 saturated carbocycles. The van der Waals surface area contributed by atoms with Gasteiger partial charge in [-0.05, 0) is 56.7 Å². The fraction of sp³-hybridized carbons (Fsp3) is 0.364. The van der Waals surface area contributed by atoms with Crippen LogP contribution in [0.15, 0.2) is 34.2 Å². The Morgan fingerprint density at radius 2 is 2.00 bits per heavy atom. The summed E-state index contributed by atoms with van der Waals surface area (Å²) in [7, 11) is 0. The van der Waals surface area contributed by atoms with Gasteiger partial charge in [-0.2, -0.15) is 0 Å². The van der Waals surface area contributed by atoms with Gasteiger partial charge in [-0.25, -0.2) is 4.98 Å². The van der Waals surface area contributed by atoms with Crippen molar-refractivity contribution in [3.05, 3.63) is 46.5 Å². The summed E-state index contributed by atoms with van der Waals surface area (Å²) in [6.07, 6.45) is 4.77. The van der Waals surface area contributed by atoms with Crippen LogP contribution in [-0.2, 0) is 22.4 Å². The van der Waals surface area contributed by atoms with Crippen molar-refractivity contribution in [1.82, 2.24) is 10.1 Å². The minimum Gasteiger partial charge on any atom is -0.360 e. The lowest BCUT2D eigenvalue weighted by atomic mass is 9.90. The number of thioether (sulfide) groups is 1. The summed E-state index contributed by atoms with van der Waals surface area (Å²) in [5.41, 5.74) is 4.80. The monoisotopic (exact) mass is 456 g/mol. The maximum absolute atomic E-state index is 12.3. The van der Waals surface area contributed by atoms with E-state index < -0.39 is 5.25 Å². The highest BCUT2D eigenvalue weighted by molar-refractivity contribution is 8.01. The Balaban J connectivity index is 1.28. The molecule has 3 aromatic rings. The van der Waals surface area contributed by atoms with Crippen LogP contribution in [0, 0.1) is 6.92 Å². The molecule has 2 heterocycles. The van der Waals surface area contributed by atoms with Gasteiger partial charge in [0.25, 0.3) is 0 Å². The van der Waals surface area contributed by atoms with Crippen LogP contribution in [0.4, 0.5) is 10.9 Å². The molecule has 4 rings (SSSR count). The first-order valence-electron chi connectivity index (χ1n) is 10.2. The molecular formula is C22H24N4O3S2. The molecule has 1 atom stereocenters. The second kappa shape index (κ2) is 9.65. The van der Waals surface area contributed by atoms with Gasteiger partial charge in [0, 0.05) is 17.0 Å². The van der Waals surface area contributed by atoms with Gasteiger partial charge in [-0.3, -0.25) is 9.59 Å². The molecule has 1 aliphatic carbocycles. The molecule has 9 heteroatoms. The summed E-state index contributed by atoms with van der Waals surface area (Å²) in [4.78, 5) is 29.1. The Kier molecular flexibility index (Phi) is 6.72. The molecular weight excluding hydrogens is 432 g/mol. The number of benzene rings is 1. The zero-order chi connectivity index (χ0) is 21.8. The number of carbonyl (C=O) groups excluding carboxylic acids is 2. The fourth-order valence-electron chi connectivity index (χ4n) is 3.44. The number of aromatic nitrogens is 2. The third-order valence-corrected chi connectivity index (χ3v) is 7.01. The number of rotatable bonds is 7. The van der Waals surface area contributed by atoms with Crippen molar-refractivity contribution >= 4 is 45.9 Å². The van der Waals surface area contributed by atoms with Crippen molar-refractivity contribution in [3.8, 4) is 11.3 Å². The Labute approximate surface area is 189 Å². The van der Waals surface area contributed by atoms with Crippen molar-refractivity contribution in [2.24, 2.45) is 0 Å². The Morgan fingerprint density at radius 3 is 2.77 bits per heavy atom. The second-order valence-corrected chi connectivity index (χ2v) is 9.73. The molecule has 31 heavy (non-hydrogen) atoms. The highest BCUT2D eigenvalue weighted by Crippen LogP contribution is 2.29. The first kappa shape index (κ1) is 21.6. The van der Waals surface area contributed by atoms with E-state index in [1.54, 1.807) is 19.9 Å². The van der Waals surface area contributed by atoms with E-state index in [-0.39, 0.29) is 17.6 Å². The quantitative estimate of drug-likeness (QED) is 0.536. The molecule has 0 saturated heterocycles. The molecule has 7 nitrogen and oxygen atoms in total. The van der Waals surface area contributed by atoms with Crippen molar-refractivity contribution in [3.63, 3.8) is 0 Å². The molecule has 2 N–H and O–H groups in total. The van der Waals surface area contributed by atoms with Crippen LogP contribution in [0.2, 0.25) is 0 Å². The van der Waals surface area contributed by atoms with Crippen LogP contribution in [-0.4, -0.2) is 33.0 Å². The number of hydrogen-bond acceptors (Lipinski definition) is 7. The molecule has 162 valence electrons. The van der Waals surface area contributed by atoms with Crippen molar-refractivity contribution < 1.29 is 14.1 Å². The number of fused-ring (bicyclic) bond motifs is 1. The molecule has 1 aromatic carbocycles. The Bertz CT molecular complexity index is 1090. The first-order valence-corrected chi connectivity index (χ1v) is 12.1. The van der Waals surface area contributed by atoms with E-state index in [0.717, 1.165) is 24.1 Å². The van der Waals surface area contributed by atoms with E-state index in [1.807, 2.05) is 5.38 Å². The number of nitrogens with zero attached hydrogens (tertiary/aromatic N) is 2. The normalized spacial score (nSPS) is 14.0. The maximum Gasteiger partial charge on any atom is 0.238 e. The number of carbonyl (C=O) groups is 2. The number of anilines is 2. The lowest BCUT2D eigenvalue weighted by molar-refractivity contribution is -0.115. The van der Waals surface area contributed by atoms with Gasteiger partial charge in [-0.15, -0.1) is 23.1 Å². The third kappa shape index (κ3) is 5.54. The second-order valence-electron chi connectivity index (χ2n) is 7.54. The molecule has 0 bridgehead atoms. The molecule has 0 spiro atoms. The van der Waals surface area contributed by atoms with Gasteiger partial charge in [0.05, 0.1) is 16.7 Å². The van der Waals surface area contributed by atoms with Crippen LogP contribution < -0.4 is 10.6 Å². The maximum atomic E-state index is 12.3. The minimum atomic E-state index is -0.412. The summed E-state index contributed by atoms with van der Waals surface area (Å²) >= 11 is 2.66. The third-order valence-electron chi connectivity index (χ3n) is 5.11. The number of hydrogen-bond donors (Lipinski definition) is 2. The largest absolute Gasteiger partial charge is 0.360 e. The number of aryl methyl sites for hydroxylation is 3. The molecule has 1 aliphatic rings. The summed E-state index contributed by atoms with van der Waals surface area (Å²) in [5.74, 6) is 0.730. The average molecular weight is 457 g/mol. The van der Waals surface area contributed by atoms with E-state index in [2.05, 4.69) is 39.0 Å². The minimum absolute atomic E-state index is 0.153. The summed E-state index contributed by atoms with van der Waals surface area (Å²) in [6.45, 7) is 3.50. The first-order chi connectivity index (χ1) is 15.0. The molecule has 0 radical (unpaired) electrons. The molecule has 0 aliphatic heterocycles. The van der Waals surface area contributed by atoms with E-state index in [4.69, 9.17) is 4.52 Å². The standard InChI is InChI=1S/C22H24N4O3S2/c1-13-9-19(26-29-13)24-21(28)14(2)30-12-20(27)25-22-23-18(11-31-22)17-8-7-15-5-3-4-6-16(15)10-17/h7-11,14H,3-6,12H2,1-2H3,(H,23,25,27)(H,24,26,28). The van der Waals surface area contributed by atoms with Crippen LogP contribution in [0.5, 0.6) is 0 Å². The van der Waals surface area contributed by atoms with E-state index >= 15 is 0 Å². The smallest absolute Gasteiger partial charge is 0.238 e. The highest BCUT2D eigenvalue weighted by atomic mass is 32.2. The van der Waals surface area contributed by atoms with Gasteiger partial charge < -0.3 is 15.2 Å². The number of amides is 2. The topological polar surface area (TPSA) is 97.1 Å². The van der Waals surface area contributed by atoms with Crippen LogP contribution >= 0.6 is 23.1 Å². The van der Waals surface area contributed by atoms with Gasteiger partial charge in [0.15, 0.2) is 10.9 Å². The lowest BCUT2D eigenvalue weighted by Gasteiger charge is -2.16. The predicted octanol–water partition coefficient (Wildman–Crippen LogP) is 4.68. The average Bonchev–Trinajstić information content (AvgIpc) is 3.40. The van der Waals surface area contributed by atoms with E-state index in [0.29, 0.717) is 16.7 Å². The van der Waals surface area contributed by atoms with Crippen molar-refractivity contribution in [2.75, 3.05) is 16.4 Å². The molecule has 2 amide bonds. The van der Waals surface area contributed by atoms with Crippen LogP contribution in [0.25, 0.3) is 11.3 Å². The fourth-order valence-corrected chi connectivity index (χ4v) is 4.86. The number of nitrogens with one attached hydrogen (secondary N) is 2. The van der Waals surface area contributed by atoms with Crippen LogP contribution in [0.1, 0.15) is 36.7 Å². The van der Waals surface area contributed by atoms with Crippen LogP contribution in [0.3, 0.4) is 0 Å². The van der Waals surface area contributed by atoms with Gasteiger partial charge in [0.2, 0.25) is 11.8 Å². The molecule has 1 unspecified atom stereocenters. The van der Waals surface area contributed by atoms with Gasteiger partial charge >= 0.3 is 0 Å². The Hall–Kier alpha value is -2.65. The summed E-state index contributed by atoms with van der Waals surface area (Å²) in [6, 6.07) is 8.18. The van der Waals surface area contributed by atoms with Gasteiger partial charge in [-0.1, -0.05) is 17.3 Å². The predicted molar refractivity (Wildman–Crippen MR) is 125 cm³/mol. The van der Waals surface area contributed by atoms with Crippen molar-refractivity contribution in [2.45, 2.75) is 44.8 Å². The molecule has 0 fully saturated rings. The Morgan fingerprint density at radius 1 is 1.19 bits per heavy atom. The zero-order valence-corrected chi connectivity index (χ0v) is 19.1. The highest BCUT2D eigenvalue weighted by Gasteiger charge is 2.18. The molecule has 2 aromatic heterocycles. The van der Waals surface area contributed by atoms with E-state index in [9.17, 15) is 9.59 Å². The SMILES string of the molecule is Cc1cc(NC(=O)C(C)SCC(=O)Nc2nc(-c3ccc4c(c3)CCCC4)cs2)no1. The zero-order valence-electron chi connectivity index (χ0n) is 17.4. The lowest BCUT2D eigenvalue weighted by Crippen LogP contribution is -2.25. The summed E-state index contributed by atoms with van der Waals surface area (Å²) < 4.78 is 4.93. The van der Waals surface area contributed by atoms with Crippen molar-refractivity contribution in [1.29, 1.82) is 0 Å². The number of thiazole rings is 1. The summed E-state index contributed by atoms with van der Waals surface area (Å²) in [5, 5.41) is 11.4. The van der Waals surface area contributed by atoms with Gasteiger partial charge in [0.1, 0.15) is 5.76 Å².